The molecule has 1 aliphatic rings. The maximum Gasteiger partial charge on any atom is 0.260 e. The lowest BCUT2D eigenvalue weighted by molar-refractivity contribution is -0.134. The number of carbonyl (C=O) groups excluding carboxylic acids is 1. The fraction of sp³-hybridized carbons (Fsp3) is 0.273. The van der Waals surface area contributed by atoms with Gasteiger partial charge in [-0.3, -0.25) is 4.79 Å². The van der Waals surface area contributed by atoms with Crippen LogP contribution in [0.4, 0.5) is 0 Å². The van der Waals surface area contributed by atoms with Crippen molar-refractivity contribution in [3.8, 4) is 22.1 Å². The van der Waals surface area contributed by atoms with Crippen LogP contribution in [0.25, 0.3) is 10.6 Å². The summed E-state index contributed by atoms with van der Waals surface area (Å²) in [6.45, 7) is 3.32. The van der Waals surface area contributed by atoms with Crippen molar-refractivity contribution in [2.75, 3.05) is 20.3 Å². The van der Waals surface area contributed by atoms with E-state index < -0.39 is 0 Å². The Morgan fingerprint density at radius 2 is 2.00 bits per heavy atom. The first-order valence-corrected chi connectivity index (χ1v) is 10.0. The minimum atomic E-state index is 0.00323. The molecule has 1 amide bonds. The van der Waals surface area contributed by atoms with Gasteiger partial charge in [-0.1, -0.05) is 24.3 Å². The monoisotopic (exact) mass is 394 g/mol. The number of carbonyl (C=O) groups is 1. The van der Waals surface area contributed by atoms with E-state index in [-0.39, 0.29) is 12.5 Å². The van der Waals surface area contributed by atoms with Crippen molar-refractivity contribution in [2.45, 2.75) is 19.9 Å². The van der Waals surface area contributed by atoms with Crippen molar-refractivity contribution in [3.63, 3.8) is 0 Å². The molecule has 28 heavy (non-hydrogen) atoms. The van der Waals surface area contributed by atoms with Gasteiger partial charge in [-0.2, -0.15) is 0 Å². The Bertz CT molecular complexity index is 999. The first kappa shape index (κ1) is 18.5. The average molecular weight is 394 g/mol. The van der Waals surface area contributed by atoms with Crippen LogP contribution in [0.1, 0.15) is 16.1 Å². The molecule has 0 spiro atoms. The molecule has 0 unspecified atom stereocenters. The van der Waals surface area contributed by atoms with Crippen molar-refractivity contribution in [2.24, 2.45) is 0 Å². The van der Waals surface area contributed by atoms with E-state index in [9.17, 15) is 4.79 Å². The third kappa shape index (κ3) is 4.02. The maximum atomic E-state index is 12.6. The highest BCUT2D eigenvalue weighted by Crippen LogP contribution is 2.33. The van der Waals surface area contributed by atoms with E-state index in [2.05, 4.69) is 0 Å². The van der Waals surface area contributed by atoms with Gasteiger partial charge in [0.15, 0.2) is 6.61 Å². The van der Waals surface area contributed by atoms with Crippen LogP contribution in [0.2, 0.25) is 0 Å². The first-order valence-electron chi connectivity index (χ1n) is 9.22. The molecule has 0 N–H and O–H groups in total. The van der Waals surface area contributed by atoms with Crippen LogP contribution in [-0.2, 0) is 17.8 Å². The fourth-order valence-corrected chi connectivity index (χ4v) is 4.35. The van der Waals surface area contributed by atoms with Crippen molar-refractivity contribution >= 4 is 17.2 Å². The van der Waals surface area contributed by atoms with Gasteiger partial charge >= 0.3 is 0 Å². The third-order valence-corrected chi connectivity index (χ3v) is 5.88. The SMILES string of the molecule is COc1cccc(-c2nc3c(s2)CN(C(=O)COc2cccc(C)c2)CC3)c1. The normalized spacial score (nSPS) is 13.1. The number of nitrogens with zero attached hydrogens (tertiary/aromatic N) is 2. The molecule has 0 radical (unpaired) electrons. The van der Waals surface area contributed by atoms with E-state index in [0.717, 1.165) is 44.6 Å². The van der Waals surface area contributed by atoms with Gasteiger partial charge in [0.1, 0.15) is 16.5 Å². The zero-order valence-electron chi connectivity index (χ0n) is 16.0. The lowest BCUT2D eigenvalue weighted by atomic mass is 10.1. The quantitative estimate of drug-likeness (QED) is 0.654. The van der Waals surface area contributed by atoms with Crippen LogP contribution in [0.3, 0.4) is 0 Å². The van der Waals surface area contributed by atoms with Gasteiger partial charge in [-0.25, -0.2) is 4.98 Å². The second-order valence-corrected chi connectivity index (χ2v) is 7.87. The summed E-state index contributed by atoms with van der Waals surface area (Å²) in [5.41, 5.74) is 3.24. The van der Waals surface area contributed by atoms with Gasteiger partial charge in [0.2, 0.25) is 0 Å². The van der Waals surface area contributed by atoms with Gasteiger partial charge in [-0.05, 0) is 36.8 Å². The molecular formula is C22H22N2O3S. The summed E-state index contributed by atoms with van der Waals surface area (Å²) in [4.78, 5) is 20.4. The number of benzene rings is 2. The van der Waals surface area contributed by atoms with Crippen molar-refractivity contribution in [1.29, 1.82) is 0 Å². The molecule has 4 rings (SSSR count). The smallest absolute Gasteiger partial charge is 0.260 e. The van der Waals surface area contributed by atoms with E-state index in [0.29, 0.717) is 13.1 Å². The number of aryl methyl sites for hydroxylation is 1. The Hall–Kier alpha value is -2.86. The van der Waals surface area contributed by atoms with Gasteiger partial charge < -0.3 is 14.4 Å². The minimum Gasteiger partial charge on any atom is -0.497 e. The third-order valence-electron chi connectivity index (χ3n) is 4.75. The molecule has 3 aromatic rings. The molecule has 0 aliphatic carbocycles. The first-order chi connectivity index (χ1) is 13.6. The number of rotatable bonds is 5. The highest BCUT2D eigenvalue weighted by Gasteiger charge is 2.24. The standard InChI is InChI=1S/C22H22N2O3S/c1-15-5-3-8-18(11-15)27-14-21(25)24-10-9-19-20(13-24)28-22(23-19)16-6-4-7-17(12-16)26-2/h3-8,11-12H,9-10,13-14H2,1-2H3. The van der Waals surface area contributed by atoms with Crippen LogP contribution in [0.5, 0.6) is 11.5 Å². The highest BCUT2D eigenvalue weighted by molar-refractivity contribution is 7.15. The summed E-state index contributed by atoms with van der Waals surface area (Å²) in [6.07, 6.45) is 0.770. The second-order valence-electron chi connectivity index (χ2n) is 6.79. The lowest BCUT2D eigenvalue weighted by Crippen LogP contribution is -2.38. The van der Waals surface area contributed by atoms with E-state index in [1.54, 1.807) is 18.4 Å². The largest absolute Gasteiger partial charge is 0.497 e. The molecule has 0 saturated carbocycles. The minimum absolute atomic E-state index is 0.00323. The summed E-state index contributed by atoms with van der Waals surface area (Å²) < 4.78 is 11.0. The lowest BCUT2D eigenvalue weighted by Gasteiger charge is -2.26. The van der Waals surface area contributed by atoms with Gasteiger partial charge in [-0.15, -0.1) is 11.3 Å². The van der Waals surface area contributed by atoms with Crippen LogP contribution in [-0.4, -0.2) is 36.1 Å². The molecule has 2 aromatic carbocycles. The van der Waals surface area contributed by atoms with Crippen LogP contribution < -0.4 is 9.47 Å². The number of methoxy groups -OCH3 is 1. The number of ether oxygens (including phenoxy) is 2. The predicted octanol–water partition coefficient (Wildman–Crippen LogP) is 4.09. The summed E-state index contributed by atoms with van der Waals surface area (Å²) in [5.74, 6) is 1.54. The number of hydrogen-bond acceptors (Lipinski definition) is 5. The summed E-state index contributed by atoms with van der Waals surface area (Å²) in [7, 11) is 1.66. The van der Waals surface area contributed by atoms with Crippen LogP contribution >= 0.6 is 11.3 Å². The molecule has 1 aliphatic heterocycles. The Morgan fingerprint density at radius 3 is 2.82 bits per heavy atom. The van der Waals surface area contributed by atoms with Gasteiger partial charge in [0, 0.05) is 23.4 Å². The van der Waals surface area contributed by atoms with E-state index in [1.165, 1.54) is 0 Å². The molecular weight excluding hydrogens is 372 g/mol. The van der Waals surface area contributed by atoms with Crippen molar-refractivity contribution in [1.82, 2.24) is 9.88 Å². The topological polar surface area (TPSA) is 51.7 Å². The number of amides is 1. The van der Waals surface area contributed by atoms with Crippen molar-refractivity contribution in [3.05, 3.63) is 64.7 Å². The molecule has 0 fully saturated rings. The van der Waals surface area contributed by atoms with Crippen LogP contribution in [0.15, 0.2) is 48.5 Å². The summed E-state index contributed by atoms with van der Waals surface area (Å²) >= 11 is 1.64. The molecule has 0 saturated heterocycles. The number of thiazole rings is 1. The van der Waals surface area contributed by atoms with Crippen molar-refractivity contribution < 1.29 is 14.3 Å². The molecule has 0 atom stereocenters. The Kier molecular flexibility index (Phi) is 5.30. The van der Waals surface area contributed by atoms with E-state index in [4.69, 9.17) is 14.5 Å². The molecule has 6 heteroatoms. The summed E-state index contributed by atoms with van der Waals surface area (Å²) in [6, 6.07) is 15.7. The maximum absolute atomic E-state index is 12.6. The molecule has 144 valence electrons. The average Bonchev–Trinajstić information content (AvgIpc) is 3.15. The summed E-state index contributed by atoms with van der Waals surface area (Å²) in [5, 5.41) is 0.967. The zero-order chi connectivity index (χ0) is 19.5. The number of hydrogen-bond donors (Lipinski definition) is 0. The Labute approximate surface area is 168 Å². The van der Waals surface area contributed by atoms with Gasteiger partial charge in [0.25, 0.3) is 5.91 Å². The number of fused-ring (bicyclic) bond motifs is 1. The van der Waals surface area contributed by atoms with E-state index in [1.807, 2.05) is 60.4 Å². The van der Waals surface area contributed by atoms with Crippen LogP contribution in [0, 0.1) is 6.92 Å². The van der Waals surface area contributed by atoms with Gasteiger partial charge in [0.05, 0.1) is 19.3 Å². The number of aromatic nitrogens is 1. The second kappa shape index (κ2) is 8.02. The Balaban J connectivity index is 1.43. The fourth-order valence-electron chi connectivity index (χ4n) is 3.23. The highest BCUT2D eigenvalue weighted by atomic mass is 32.1. The molecule has 2 heterocycles. The zero-order valence-corrected chi connectivity index (χ0v) is 16.8. The molecule has 1 aromatic heterocycles. The molecule has 0 bridgehead atoms. The Morgan fingerprint density at radius 1 is 1.18 bits per heavy atom. The molecule has 5 nitrogen and oxygen atoms in total. The van der Waals surface area contributed by atoms with E-state index >= 15 is 0 Å². The predicted molar refractivity (Wildman–Crippen MR) is 110 cm³/mol.